The molecular weight excluding hydrogens is 572 g/mol. The van der Waals surface area contributed by atoms with Crippen LogP contribution in [0.3, 0.4) is 0 Å². The quantitative estimate of drug-likeness (QED) is 0.202. The first kappa shape index (κ1) is 26.1. The van der Waals surface area contributed by atoms with Gasteiger partial charge >= 0.3 is 0 Å². The van der Waals surface area contributed by atoms with Gasteiger partial charge in [-0.15, -0.1) is 0 Å². The van der Waals surface area contributed by atoms with Crippen LogP contribution in [0.25, 0.3) is 50.4 Å². The first-order valence-corrected chi connectivity index (χ1v) is 16.1. The van der Waals surface area contributed by atoms with Gasteiger partial charge in [0.1, 0.15) is 17.3 Å². The summed E-state index contributed by atoms with van der Waals surface area (Å²) in [4.78, 5) is 5.09. The monoisotopic (exact) mass is 600 g/mol. The Hall–Kier alpha value is -6.19. The number of hydrogen-bond donors (Lipinski definition) is 0. The molecule has 1 aliphatic carbocycles. The third-order valence-corrected chi connectivity index (χ3v) is 9.90. The lowest BCUT2D eigenvalue weighted by atomic mass is 9.65. The van der Waals surface area contributed by atoms with Crippen molar-refractivity contribution in [3.8, 4) is 50.8 Å². The van der Waals surface area contributed by atoms with Gasteiger partial charge in [-0.2, -0.15) is 0 Å². The van der Waals surface area contributed by atoms with E-state index in [1.165, 1.54) is 33.4 Å². The highest BCUT2D eigenvalue weighted by Gasteiger charge is 2.51. The van der Waals surface area contributed by atoms with E-state index in [-0.39, 0.29) is 0 Å². The molecule has 3 heteroatoms. The van der Waals surface area contributed by atoms with E-state index in [0.717, 1.165) is 50.7 Å². The minimum absolute atomic E-state index is 0.478. The lowest BCUT2D eigenvalue weighted by molar-refractivity contribution is 0.438. The highest BCUT2D eigenvalue weighted by atomic mass is 16.5. The Morgan fingerprint density at radius 3 is 1.79 bits per heavy atom. The van der Waals surface area contributed by atoms with Crippen LogP contribution in [0.2, 0.25) is 0 Å². The lowest BCUT2D eigenvalue weighted by Crippen LogP contribution is -2.32. The van der Waals surface area contributed by atoms with Crippen molar-refractivity contribution < 1.29 is 4.74 Å². The highest BCUT2D eigenvalue weighted by Crippen LogP contribution is 2.63. The van der Waals surface area contributed by atoms with Gasteiger partial charge in [0, 0.05) is 27.9 Å². The molecule has 8 aromatic rings. The van der Waals surface area contributed by atoms with Gasteiger partial charge in [-0.05, 0) is 58.1 Å². The molecule has 0 radical (unpaired) electrons. The molecule has 0 atom stereocenters. The maximum absolute atomic E-state index is 6.90. The van der Waals surface area contributed by atoms with Crippen LogP contribution in [0.5, 0.6) is 11.5 Å². The Balaban J connectivity index is 1.16. The Labute approximate surface area is 273 Å². The first-order chi connectivity index (χ1) is 23.3. The zero-order chi connectivity index (χ0) is 31.0. The van der Waals surface area contributed by atoms with E-state index in [0.29, 0.717) is 0 Å². The van der Waals surface area contributed by atoms with E-state index < -0.39 is 5.41 Å². The molecule has 0 unspecified atom stereocenters. The average Bonchev–Trinajstić information content (AvgIpc) is 3.67. The first-order valence-electron chi connectivity index (χ1n) is 16.1. The van der Waals surface area contributed by atoms with Crippen molar-refractivity contribution in [2.45, 2.75) is 5.41 Å². The number of para-hydroxylation sites is 5. The van der Waals surface area contributed by atoms with Crippen LogP contribution in [-0.4, -0.2) is 9.55 Å². The van der Waals surface area contributed by atoms with Crippen LogP contribution in [0.4, 0.5) is 0 Å². The van der Waals surface area contributed by atoms with Crippen LogP contribution >= 0.6 is 0 Å². The van der Waals surface area contributed by atoms with Crippen LogP contribution in [0, 0.1) is 0 Å². The predicted octanol–water partition coefficient (Wildman–Crippen LogP) is 10.8. The summed E-state index contributed by atoms with van der Waals surface area (Å²) in [7, 11) is 0. The summed E-state index contributed by atoms with van der Waals surface area (Å²) in [6.07, 6.45) is 0. The molecule has 0 N–H and O–H groups in total. The summed E-state index contributed by atoms with van der Waals surface area (Å²) < 4.78 is 9.14. The number of nitrogens with zero attached hydrogens (tertiary/aromatic N) is 2. The third-order valence-electron chi connectivity index (χ3n) is 9.90. The number of fused-ring (bicyclic) bond motifs is 10. The molecular formula is C44H28N2O. The molecule has 1 aliphatic heterocycles. The molecule has 0 bridgehead atoms. The number of rotatable bonds is 3. The maximum Gasteiger partial charge on any atom is 0.145 e. The molecule has 0 fully saturated rings. The van der Waals surface area contributed by atoms with Gasteiger partial charge in [0.2, 0.25) is 0 Å². The zero-order valence-electron chi connectivity index (χ0n) is 25.5. The molecule has 2 aliphatic rings. The van der Waals surface area contributed by atoms with E-state index in [2.05, 4.69) is 162 Å². The molecule has 0 amide bonds. The Kier molecular flexibility index (Phi) is 5.49. The summed E-state index contributed by atoms with van der Waals surface area (Å²) in [5, 5.41) is 0. The van der Waals surface area contributed by atoms with E-state index in [1.807, 2.05) is 12.1 Å². The van der Waals surface area contributed by atoms with E-state index in [4.69, 9.17) is 9.72 Å². The van der Waals surface area contributed by atoms with Crippen molar-refractivity contribution in [1.29, 1.82) is 0 Å². The Morgan fingerprint density at radius 1 is 0.447 bits per heavy atom. The average molecular weight is 601 g/mol. The van der Waals surface area contributed by atoms with Gasteiger partial charge in [0.05, 0.1) is 16.4 Å². The molecule has 0 saturated heterocycles. The molecule has 1 aromatic heterocycles. The normalized spacial score (nSPS) is 13.4. The van der Waals surface area contributed by atoms with Crippen molar-refractivity contribution >= 4 is 11.0 Å². The van der Waals surface area contributed by atoms with Crippen molar-refractivity contribution in [1.82, 2.24) is 9.55 Å². The summed E-state index contributed by atoms with van der Waals surface area (Å²) in [6.45, 7) is 0. The largest absolute Gasteiger partial charge is 0.456 e. The second kappa shape index (κ2) is 9.90. The van der Waals surface area contributed by atoms with Crippen LogP contribution in [0.15, 0.2) is 170 Å². The van der Waals surface area contributed by atoms with Gasteiger partial charge in [-0.1, -0.05) is 140 Å². The van der Waals surface area contributed by atoms with E-state index >= 15 is 0 Å². The van der Waals surface area contributed by atoms with Crippen LogP contribution in [-0.2, 0) is 5.41 Å². The number of aromatic nitrogens is 2. The van der Waals surface area contributed by atoms with Gasteiger partial charge in [-0.25, -0.2) is 4.98 Å². The smallest absolute Gasteiger partial charge is 0.145 e. The summed E-state index contributed by atoms with van der Waals surface area (Å²) in [6, 6.07) is 60.4. The number of benzene rings is 7. The third kappa shape index (κ3) is 3.60. The zero-order valence-corrected chi connectivity index (χ0v) is 25.5. The SMILES string of the molecule is c1ccc(-n2c(-c3ccc(-c4cccc5c4Oc4ccccc4C54c5ccccc5-c5ccccc54)cc3)nc3ccccc32)cc1. The molecule has 2 heterocycles. The minimum atomic E-state index is -0.478. The molecule has 220 valence electrons. The van der Waals surface area contributed by atoms with E-state index in [9.17, 15) is 0 Å². The van der Waals surface area contributed by atoms with Crippen molar-refractivity contribution in [3.63, 3.8) is 0 Å². The van der Waals surface area contributed by atoms with Gasteiger partial charge in [0.25, 0.3) is 0 Å². The van der Waals surface area contributed by atoms with E-state index in [1.54, 1.807) is 0 Å². The number of ether oxygens (including phenoxy) is 1. The Bertz CT molecular complexity index is 2450. The molecule has 47 heavy (non-hydrogen) atoms. The molecule has 3 nitrogen and oxygen atoms in total. The molecule has 7 aromatic carbocycles. The molecule has 0 saturated carbocycles. The van der Waals surface area contributed by atoms with Gasteiger partial charge in [-0.3, -0.25) is 4.57 Å². The summed E-state index contributed by atoms with van der Waals surface area (Å²) in [5.74, 6) is 2.72. The van der Waals surface area contributed by atoms with Crippen molar-refractivity contribution in [3.05, 3.63) is 192 Å². The van der Waals surface area contributed by atoms with Crippen LogP contribution < -0.4 is 4.74 Å². The number of hydrogen-bond acceptors (Lipinski definition) is 2. The minimum Gasteiger partial charge on any atom is -0.456 e. The molecule has 1 spiro atoms. The topological polar surface area (TPSA) is 27.1 Å². The maximum atomic E-state index is 6.90. The second-order valence-electron chi connectivity index (χ2n) is 12.3. The highest BCUT2D eigenvalue weighted by molar-refractivity contribution is 5.90. The number of imidazole rings is 1. The predicted molar refractivity (Wildman–Crippen MR) is 189 cm³/mol. The fraction of sp³-hybridized carbons (Fsp3) is 0.0227. The summed E-state index contributed by atoms with van der Waals surface area (Å²) in [5.41, 5.74) is 13.4. The fourth-order valence-corrected chi connectivity index (χ4v) is 7.96. The fourth-order valence-electron chi connectivity index (χ4n) is 7.96. The van der Waals surface area contributed by atoms with Crippen molar-refractivity contribution in [2.24, 2.45) is 0 Å². The molecule has 10 rings (SSSR count). The summed E-state index contributed by atoms with van der Waals surface area (Å²) >= 11 is 0. The van der Waals surface area contributed by atoms with Crippen LogP contribution in [0.1, 0.15) is 22.3 Å². The standard InChI is InChI=1S/C44H28N2O/c1-2-13-31(14-3-1)46-40-23-10-9-22-39(40)45-43(46)30-27-25-29(26-28-30)32-17-12-21-38-42(32)47-41-24-11-8-20-37(41)44(38)35-18-6-4-15-33(35)34-16-5-7-19-36(34)44/h1-28H. The Morgan fingerprint density at radius 2 is 1.02 bits per heavy atom. The van der Waals surface area contributed by atoms with Crippen molar-refractivity contribution in [2.75, 3.05) is 0 Å². The van der Waals surface area contributed by atoms with Gasteiger partial charge < -0.3 is 4.74 Å². The lowest BCUT2D eigenvalue weighted by Gasteiger charge is -2.40. The van der Waals surface area contributed by atoms with Gasteiger partial charge in [0.15, 0.2) is 0 Å². The second-order valence-corrected chi connectivity index (χ2v) is 12.3.